The van der Waals surface area contributed by atoms with Crippen molar-refractivity contribution >= 4 is 5.69 Å². The van der Waals surface area contributed by atoms with Crippen LogP contribution in [0.15, 0.2) is 22.6 Å². The Balaban J connectivity index is 2.22. The van der Waals surface area contributed by atoms with E-state index < -0.39 is 4.92 Å². The molecular weight excluding hydrogens is 272 g/mol. The highest BCUT2D eigenvalue weighted by molar-refractivity contribution is 5.69. The second-order valence-corrected chi connectivity index (χ2v) is 5.09. The molecule has 1 aromatic heterocycles. The molecule has 112 valence electrons. The summed E-state index contributed by atoms with van der Waals surface area (Å²) >= 11 is 0. The summed E-state index contributed by atoms with van der Waals surface area (Å²) in [7, 11) is 0. The van der Waals surface area contributed by atoms with Gasteiger partial charge in [0.2, 0.25) is 5.89 Å². The highest BCUT2D eigenvalue weighted by Gasteiger charge is 2.22. The van der Waals surface area contributed by atoms with Gasteiger partial charge in [-0.05, 0) is 13.0 Å². The van der Waals surface area contributed by atoms with Gasteiger partial charge in [0.05, 0.1) is 4.92 Å². The van der Waals surface area contributed by atoms with Crippen molar-refractivity contribution in [3.63, 3.8) is 0 Å². The molecule has 0 saturated heterocycles. The van der Waals surface area contributed by atoms with Crippen LogP contribution in [0.4, 0.5) is 5.69 Å². The van der Waals surface area contributed by atoms with Crippen LogP contribution < -0.4 is 5.32 Å². The molecule has 0 aliphatic heterocycles. The van der Waals surface area contributed by atoms with E-state index in [2.05, 4.69) is 29.4 Å². The van der Waals surface area contributed by atoms with Crippen LogP contribution in [0.3, 0.4) is 0 Å². The van der Waals surface area contributed by atoms with Crippen LogP contribution in [0, 0.1) is 17.0 Å². The van der Waals surface area contributed by atoms with E-state index in [1.165, 1.54) is 0 Å². The average molecular weight is 290 g/mol. The number of aromatic nitrogens is 2. The van der Waals surface area contributed by atoms with Gasteiger partial charge in [0.15, 0.2) is 0 Å². The van der Waals surface area contributed by atoms with Gasteiger partial charge in [-0.15, -0.1) is 10.2 Å². The molecule has 0 atom stereocenters. The van der Waals surface area contributed by atoms with Crippen LogP contribution in [0.1, 0.15) is 25.3 Å². The number of rotatable bonds is 6. The maximum absolute atomic E-state index is 11.2. The van der Waals surface area contributed by atoms with Gasteiger partial charge in [-0.25, -0.2) is 0 Å². The fourth-order valence-corrected chi connectivity index (χ4v) is 2.01. The Morgan fingerprint density at radius 3 is 2.81 bits per heavy atom. The van der Waals surface area contributed by atoms with Gasteiger partial charge in [0.1, 0.15) is 5.56 Å². The molecule has 0 unspecified atom stereocenters. The summed E-state index contributed by atoms with van der Waals surface area (Å²) in [5.41, 5.74) is 0.933. The number of nitrogens with zero attached hydrogens (tertiary/aromatic N) is 3. The largest absolute Gasteiger partial charge is 0.420 e. The first-order chi connectivity index (χ1) is 9.99. The summed E-state index contributed by atoms with van der Waals surface area (Å²) in [6.07, 6.45) is 0.588. The van der Waals surface area contributed by atoms with Gasteiger partial charge >= 0.3 is 0 Å². The number of para-hydroxylation sites is 1. The summed E-state index contributed by atoms with van der Waals surface area (Å²) in [5, 5.41) is 22.3. The molecule has 1 heterocycles. The van der Waals surface area contributed by atoms with Gasteiger partial charge in [0, 0.05) is 24.6 Å². The molecular formula is C14H18N4O3. The molecule has 2 aromatic rings. The third-order valence-electron chi connectivity index (χ3n) is 3.01. The van der Waals surface area contributed by atoms with Crippen LogP contribution >= 0.6 is 0 Å². The van der Waals surface area contributed by atoms with Crippen molar-refractivity contribution < 1.29 is 9.34 Å². The molecule has 0 fully saturated rings. The van der Waals surface area contributed by atoms with E-state index in [0.717, 1.165) is 6.54 Å². The number of nitrogens with one attached hydrogen (secondary N) is 1. The highest BCUT2D eigenvalue weighted by atomic mass is 16.6. The van der Waals surface area contributed by atoms with E-state index in [0.29, 0.717) is 29.5 Å². The summed E-state index contributed by atoms with van der Waals surface area (Å²) in [6.45, 7) is 6.51. The van der Waals surface area contributed by atoms with Crippen molar-refractivity contribution in [1.82, 2.24) is 15.5 Å². The maximum Gasteiger partial charge on any atom is 0.284 e. The third kappa shape index (κ3) is 3.63. The fraction of sp³-hybridized carbons (Fsp3) is 0.429. The Bertz CT molecular complexity index is 637. The number of hydrogen-bond acceptors (Lipinski definition) is 6. The highest BCUT2D eigenvalue weighted by Crippen LogP contribution is 2.31. The van der Waals surface area contributed by atoms with Crippen molar-refractivity contribution in [2.24, 2.45) is 0 Å². The second kappa shape index (κ2) is 6.45. The van der Waals surface area contributed by atoms with Gasteiger partial charge in [-0.3, -0.25) is 10.1 Å². The lowest BCUT2D eigenvalue weighted by atomic mass is 10.1. The Kier molecular flexibility index (Phi) is 4.64. The second-order valence-electron chi connectivity index (χ2n) is 5.09. The van der Waals surface area contributed by atoms with E-state index in [-0.39, 0.29) is 11.6 Å². The molecule has 0 bridgehead atoms. The summed E-state index contributed by atoms with van der Waals surface area (Å²) in [5.74, 6) is 0.652. The fourth-order valence-electron chi connectivity index (χ4n) is 2.01. The van der Waals surface area contributed by atoms with Crippen molar-refractivity contribution in [3.05, 3.63) is 39.8 Å². The van der Waals surface area contributed by atoms with Gasteiger partial charge in [-0.1, -0.05) is 26.0 Å². The van der Waals surface area contributed by atoms with E-state index in [1.54, 1.807) is 25.1 Å². The molecule has 0 saturated carbocycles. The molecule has 7 heteroatoms. The molecule has 0 amide bonds. The van der Waals surface area contributed by atoms with Crippen LogP contribution in [-0.2, 0) is 6.42 Å². The van der Waals surface area contributed by atoms with Gasteiger partial charge in [0.25, 0.3) is 11.6 Å². The number of aryl methyl sites for hydroxylation is 1. The standard InChI is InChI=1S/C14H18N4O3/c1-9(2)15-8-7-12-16-17-14(21-12)11-6-4-5-10(3)13(11)18(19)20/h4-6,9,15H,7-8H2,1-3H3. The maximum atomic E-state index is 11.2. The Morgan fingerprint density at radius 1 is 1.38 bits per heavy atom. The molecule has 0 spiro atoms. The lowest BCUT2D eigenvalue weighted by molar-refractivity contribution is -0.384. The smallest absolute Gasteiger partial charge is 0.284 e. The van der Waals surface area contributed by atoms with E-state index in [4.69, 9.17) is 4.42 Å². The molecule has 0 aliphatic rings. The Morgan fingerprint density at radius 2 is 2.14 bits per heavy atom. The Labute approximate surface area is 122 Å². The first-order valence-electron chi connectivity index (χ1n) is 6.79. The summed E-state index contributed by atoms with van der Waals surface area (Å²) < 4.78 is 5.53. The first-order valence-corrected chi connectivity index (χ1v) is 6.79. The van der Waals surface area contributed by atoms with Crippen molar-refractivity contribution in [1.29, 1.82) is 0 Å². The van der Waals surface area contributed by atoms with Crippen molar-refractivity contribution in [2.75, 3.05) is 6.54 Å². The zero-order valence-corrected chi connectivity index (χ0v) is 12.3. The van der Waals surface area contributed by atoms with Crippen molar-refractivity contribution in [2.45, 2.75) is 33.2 Å². The van der Waals surface area contributed by atoms with E-state index >= 15 is 0 Å². The van der Waals surface area contributed by atoms with Crippen LogP contribution in [0.5, 0.6) is 0 Å². The van der Waals surface area contributed by atoms with E-state index in [9.17, 15) is 10.1 Å². The minimum atomic E-state index is -0.422. The normalized spacial score (nSPS) is 11.0. The molecule has 0 radical (unpaired) electrons. The number of hydrogen-bond donors (Lipinski definition) is 1. The molecule has 1 aromatic carbocycles. The molecule has 0 aliphatic carbocycles. The lowest BCUT2D eigenvalue weighted by Crippen LogP contribution is -2.25. The predicted octanol–water partition coefficient (Wildman–Crippen LogP) is 2.49. The number of nitro groups is 1. The first kappa shape index (κ1) is 15.1. The minimum Gasteiger partial charge on any atom is -0.420 e. The predicted molar refractivity (Wildman–Crippen MR) is 78.0 cm³/mol. The summed E-state index contributed by atoms with van der Waals surface area (Å²) in [4.78, 5) is 10.8. The molecule has 2 rings (SSSR count). The molecule has 7 nitrogen and oxygen atoms in total. The molecule has 1 N–H and O–H groups in total. The van der Waals surface area contributed by atoms with Crippen molar-refractivity contribution in [3.8, 4) is 11.5 Å². The third-order valence-corrected chi connectivity index (χ3v) is 3.01. The summed E-state index contributed by atoms with van der Waals surface area (Å²) in [6, 6.07) is 5.42. The zero-order chi connectivity index (χ0) is 15.4. The van der Waals surface area contributed by atoms with Crippen LogP contribution in [0.25, 0.3) is 11.5 Å². The topological polar surface area (TPSA) is 94.1 Å². The number of benzene rings is 1. The molecule has 21 heavy (non-hydrogen) atoms. The van der Waals surface area contributed by atoms with Crippen LogP contribution in [0.2, 0.25) is 0 Å². The Hall–Kier alpha value is -2.28. The average Bonchev–Trinajstić information content (AvgIpc) is 2.86. The number of nitro benzene ring substituents is 1. The van der Waals surface area contributed by atoms with Crippen LogP contribution in [-0.4, -0.2) is 27.7 Å². The monoisotopic (exact) mass is 290 g/mol. The lowest BCUT2D eigenvalue weighted by Gasteiger charge is -2.04. The minimum absolute atomic E-state index is 0.00741. The SMILES string of the molecule is Cc1cccc(-c2nnc(CCNC(C)C)o2)c1[N+](=O)[O-]. The van der Waals surface area contributed by atoms with E-state index in [1.807, 2.05) is 0 Å². The quantitative estimate of drug-likeness (QED) is 0.649. The van der Waals surface area contributed by atoms with Gasteiger partial charge < -0.3 is 9.73 Å². The van der Waals surface area contributed by atoms with Gasteiger partial charge in [-0.2, -0.15) is 0 Å². The zero-order valence-electron chi connectivity index (χ0n) is 12.3.